The molecule has 140 valence electrons. The second kappa shape index (κ2) is 7.73. The molecule has 25 heavy (non-hydrogen) atoms. The zero-order valence-electron chi connectivity index (χ0n) is 15.8. The molecule has 0 unspecified atom stereocenters. The summed E-state index contributed by atoms with van der Waals surface area (Å²) in [4.78, 5) is 5.06. The Morgan fingerprint density at radius 3 is 2.40 bits per heavy atom. The predicted molar refractivity (Wildman–Crippen MR) is 107 cm³/mol. The fourth-order valence-corrected chi connectivity index (χ4v) is 4.78. The Balaban J connectivity index is 1.58. The Bertz CT molecular complexity index is 578. The average Bonchev–Trinajstić information content (AvgIpc) is 2.62. The molecule has 0 aromatic heterocycles. The minimum atomic E-state index is 0.345. The number of anilines is 2. The summed E-state index contributed by atoms with van der Waals surface area (Å²) in [6, 6.07) is 6.35. The van der Waals surface area contributed by atoms with Crippen molar-refractivity contribution in [3.8, 4) is 0 Å². The topological polar surface area (TPSA) is 41.7 Å². The zero-order chi connectivity index (χ0) is 18.0. The molecule has 1 saturated heterocycles. The van der Waals surface area contributed by atoms with E-state index in [1.54, 1.807) is 0 Å². The molecule has 2 fully saturated rings. The number of ether oxygens (including phenoxy) is 1. The Morgan fingerprint density at radius 1 is 1.20 bits per heavy atom. The third-order valence-corrected chi connectivity index (χ3v) is 6.72. The number of likely N-dealkylation sites (tertiary alicyclic amines) is 1. The Morgan fingerprint density at radius 2 is 1.84 bits per heavy atom. The number of nitrogen functional groups attached to an aromatic ring is 1. The van der Waals surface area contributed by atoms with Crippen LogP contribution in [0.3, 0.4) is 0 Å². The lowest BCUT2D eigenvalue weighted by atomic mass is 9.79. The maximum absolute atomic E-state index is 6.17. The molecule has 2 aliphatic rings. The predicted octanol–water partition coefficient (Wildman–Crippen LogP) is 4.17. The lowest BCUT2D eigenvalue weighted by Crippen LogP contribution is -2.54. The zero-order valence-corrected chi connectivity index (χ0v) is 16.6. The molecule has 1 aliphatic carbocycles. The van der Waals surface area contributed by atoms with Crippen LogP contribution >= 0.6 is 11.6 Å². The molecular formula is C20H32ClN3O. The number of benzene rings is 1. The smallest absolute Gasteiger partial charge is 0.0600 e. The van der Waals surface area contributed by atoms with Gasteiger partial charge in [0.25, 0.3) is 0 Å². The maximum atomic E-state index is 6.17. The monoisotopic (exact) mass is 365 g/mol. The second-order valence-corrected chi connectivity index (χ2v) is 8.40. The third-order valence-electron chi connectivity index (χ3n) is 6.49. The molecule has 0 amide bonds. The van der Waals surface area contributed by atoms with Crippen molar-refractivity contribution in [3.05, 3.63) is 23.2 Å². The van der Waals surface area contributed by atoms with Crippen molar-refractivity contribution in [2.45, 2.75) is 63.1 Å². The minimum absolute atomic E-state index is 0.345. The molecule has 1 aliphatic heterocycles. The SMILES string of the molecule is CO[C@H]1CC[C@](C)(N2CCC(N(C)c3ccc(Cl)cc3N)CC2)CC1. The number of nitrogens with two attached hydrogens (primary N) is 1. The summed E-state index contributed by atoms with van der Waals surface area (Å²) < 4.78 is 5.54. The van der Waals surface area contributed by atoms with E-state index in [9.17, 15) is 0 Å². The van der Waals surface area contributed by atoms with Gasteiger partial charge < -0.3 is 15.4 Å². The second-order valence-electron chi connectivity index (χ2n) is 7.96. The number of piperidine rings is 1. The lowest BCUT2D eigenvalue weighted by molar-refractivity contribution is -0.0114. The number of halogens is 1. The number of hydrogen-bond acceptors (Lipinski definition) is 4. The Kier molecular flexibility index (Phi) is 5.81. The minimum Gasteiger partial charge on any atom is -0.397 e. The third kappa shape index (κ3) is 4.07. The van der Waals surface area contributed by atoms with E-state index in [0.717, 1.165) is 24.5 Å². The molecule has 3 rings (SSSR count). The fraction of sp³-hybridized carbons (Fsp3) is 0.700. The van der Waals surface area contributed by atoms with Gasteiger partial charge in [-0.1, -0.05) is 11.6 Å². The first kappa shape index (κ1) is 18.8. The van der Waals surface area contributed by atoms with Crippen LogP contribution in [-0.2, 0) is 4.74 Å². The molecule has 0 atom stereocenters. The van der Waals surface area contributed by atoms with Crippen LogP contribution in [0.5, 0.6) is 0 Å². The summed E-state index contributed by atoms with van der Waals surface area (Å²) in [6.07, 6.45) is 7.70. The van der Waals surface area contributed by atoms with E-state index < -0.39 is 0 Å². The van der Waals surface area contributed by atoms with Crippen LogP contribution < -0.4 is 10.6 Å². The van der Waals surface area contributed by atoms with Gasteiger partial charge in [0.1, 0.15) is 0 Å². The van der Waals surface area contributed by atoms with E-state index in [0.29, 0.717) is 22.7 Å². The standard InChI is InChI=1S/C20H32ClN3O/c1-20(10-6-17(25-3)7-11-20)24-12-8-16(9-13-24)23(2)19-5-4-15(21)14-18(19)22/h4-5,14,16-17H,6-13,22H2,1-3H3/t17-,20-. The van der Waals surface area contributed by atoms with Crippen molar-refractivity contribution in [3.63, 3.8) is 0 Å². The van der Waals surface area contributed by atoms with Gasteiger partial charge in [0, 0.05) is 43.9 Å². The van der Waals surface area contributed by atoms with Gasteiger partial charge in [-0.15, -0.1) is 0 Å². The molecule has 4 nitrogen and oxygen atoms in total. The normalized spacial score (nSPS) is 28.9. The van der Waals surface area contributed by atoms with Gasteiger partial charge in [0.05, 0.1) is 17.5 Å². The highest BCUT2D eigenvalue weighted by Gasteiger charge is 2.38. The summed E-state index contributed by atoms with van der Waals surface area (Å²) >= 11 is 6.03. The maximum Gasteiger partial charge on any atom is 0.0600 e. The number of rotatable bonds is 4. The summed E-state index contributed by atoms with van der Waals surface area (Å²) in [5.41, 5.74) is 8.38. The first-order chi connectivity index (χ1) is 11.9. The van der Waals surface area contributed by atoms with Crippen molar-refractivity contribution in [2.24, 2.45) is 0 Å². The summed E-state index contributed by atoms with van der Waals surface area (Å²) in [7, 11) is 4.00. The van der Waals surface area contributed by atoms with E-state index in [1.807, 2.05) is 25.3 Å². The molecule has 5 heteroatoms. The van der Waals surface area contributed by atoms with Crippen molar-refractivity contribution in [2.75, 3.05) is 37.9 Å². The van der Waals surface area contributed by atoms with E-state index in [4.69, 9.17) is 22.1 Å². The molecule has 1 aromatic carbocycles. The van der Waals surface area contributed by atoms with E-state index in [2.05, 4.69) is 23.8 Å². The van der Waals surface area contributed by atoms with Gasteiger partial charge >= 0.3 is 0 Å². The molecule has 0 spiro atoms. The lowest BCUT2D eigenvalue weighted by Gasteiger charge is -2.49. The largest absolute Gasteiger partial charge is 0.397 e. The Labute approximate surface area is 157 Å². The van der Waals surface area contributed by atoms with E-state index in [-0.39, 0.29) is 0 Å². The van der Waals surface area contributed by atoms with Crippen LogP contribution in [0.1, 0.15) is 45.4 Å². The van der Waals surface area contributed by atoms with Crippen LogP contribution in [0.4, 0.5) is 11.4 Å². The molecular weight excluding hydrogens is 334 g/mol. The number of hydrogen-bond donors (Lipinski definition) is 1. The van der Waals surface area contributed by atoms with Gasteiger partial charge in [-0.05, 0) is 63.6 Å². The quantitative estimate of drug-likeness (QED) is 0.813. The van der Waals surface area contributed by atoms with Crippen LogP contribution in [0.2, 0.25) is 5.02 Å². The molecule has 1 heterocycles. The van der Waals surface area contributed by atoms with Crippen LogP contribution in [0, 0.1) is 0 Å². The van der Waals surface area contributed by atoms with E-state index >= 15 is 0 Å². The van der Waals surface area contributed by atoms with E-state index in [1.165, 1.54) is 38.5 Å². The molecule has 0 bridgehead atoms. The van der Waals surface area contributed by atoms with Gasteiger partial charge in [-0.3, -0.25) is 4.90 Å². The Hall–Kier alpha value is -0.970. The fourth-order valence-electron chi connectivity index (χ4n) is 4.60. The first-order valence-electron chi connectivity index (χ1n) is 9.48. The summed E-state index contributed by atoms with van der Waals surface area (Å²) in [6.45, 7) is 4.77. The highest BCUT2D eigenvalue weighted by molar-refractivity contribution is 6.31. The van der Waals surface area contributed by atoms with Gasteiger partial charge in [-0.25, -0.2) is 0 Å². The highest BCUT2D eigenvalue weighted by Crippen LogP contribution is 2.37. The van der Waals surface area contributed by atoms with Gasteiger partial charge in [0.2, 0.25) is 0 Å². The molecule has 1 aromatic rings. The summed E-state index contributed by atoms with van der Waals surface area (Å²) in [5, 5.41) is 0.698. The first-order valence-corrected chi connectivity index (χ1v) is 9.86. The van der Waals surface area contributed by atoms with Gasteiger partial charge in [0.15, 0.2) is 0 Å². The average molecular weight is 366 g/mol. The number of nitrogens with zero attached hydrogens (tertiary/aromatic N) is 2. The van der Waals surface area contributed by atoms with Crippen molar-refractivity contribution in [1.82, 2.24) is 4.90 Å². The number of methoxy groups -OCH3 is 1. The molecule has 1 saturated carbocycles. The molecule has 2 N–H and O–H groups in total. The van der Waals surface area contributed by atoms with Crippen LogP contribution in [-0.4, -0.2) is 49.8 Å². The van der Waals surface area contributed by atoms with Crippen molar-refractivity contribution >= 4 is 23.0 Å². The molecule has 0 radical (unpaired) electrons. The van der Waals surface area contributed by atoms with Crippen LogP contribution in [0.15, 0.2) is 18.2 Å². The van der Waals surface area contributed by atoms with Crippen molar-refractivity contribution in [1.29, 1.82) is 0 Å². The highest BCUT2D eigenvalue weighted by atomic mass is 35.5. The van der Waals surface area contributed by atoms with Gasteiger partial charge in [-0.2, -0.15) is 0 Å². The van der Waals surface area contributed by atoms with Crippen LogP contribution in [0.25, 0.3) is 0 Å². The summed E-state index contributed by atoms with van der Waals surface area (Å²) in [5.74, 6) is 0. The van der Waals surface area contributed by atoms with Crippen molar-refractivity contribution < 1.29 is 4.74 Å².